The second kappa shape index (κ2) is 9.39. The predicted octanol–water partition coefficient (Wildman–Crippen LogP) is 3.76. The maximum Gasteiger partial charge on any atom is 0.358 e. The maximum absolute atomic E-state index is 12.6. The number of ether oxygens (including phenoxy) is 2. The molecule has 0 unspecified atom stereocenters. The molecule has 4 aromatic rings. The minimum Gasteiger partial charge on any atom is -0.471 e. The van der Waals surface area contributed by atoms with E-state index in [4.69, 9.17) is 4.74 Å². The van der Waals surface area contributed by atoms with Gasteiger partial charge in [0.1, 0.15) is 5.75 Å². The molecule has 9 nitrogen and oxygen atoms in total. The maximum atomic E-state index is 12.6. The van der Waals surface area contributed by atoms with Crippen molar-refractivity contribution in [1.82, 2.24) is 19.6 Å². The summed E-state index contributed by atoms with van der Waals surface area (Å²) in [6, 6.07) is 16.2. The Hall–Kier alpha value is -4.40. The van der Waals surface area contributed by atoms with Gasteiger partial charge in [0.15, 0.2) is 18.1 Å². The average Bonchev–Trinajstić information content (AvgIpc) is 3.47. The van der Waals surface area contributed by atoms with E-state index >= 15 is 0 Å². The summed E-state index contributed by atoms with van der Waals surface area (Å²) in [6.45, 7) is 4.22. The van der Waals surface area contributed by atoms with Crippen molar-refractivity contribution in [3.8, 4) is 11.4 Å². The number of benzene rings is 2. The molecule has 0 aliphatic rings. The van der Waals surface area contributed by atoms with Gasteiger partial charge < -0.3 is 14.8 Å². The quantitative estimate of drug-likeness (QED) is 0.435. The fourth-order valence-electron chi connectivity index (χ4n) is 3.29. The molecule has 0 aliphatic carbocycles. The van der Waals surface area contributed by atoms with Crippen LogP contribution in [0.15, 0.2) is 67.0 Å². The van der Waals surface area contributed by atoms with Gasteiger partial charge in [-0.25, -0.2) is 14.2 Å². The highest BCUT2D eigenvalue weighted by Gasteiger charge is 2.12. The molecule has 0 fully saturated rings. The number of rotatable bonds is 7. The van der Waals surface area contributed by atoms with Crippen molar-refractivity contribution >= 4 is 17.6 Å². The Kier molecular flexibility index (Phi) is 6.21. The fraction of sp³-hybridized carbons (Fsp3) is 0.167. The van der Waals surface area contributed by atoms with Crippen LogP contribution in [0.25, 0.3) is 5.69 Å². The predicted molar refractivity (Wildman–Crippen MR) is 122 cm³/mol. The van der Waals surface area contributed by atoms with Gasteiger partial charge in [-0.05, 0) is 73.5 Å². The topological polar surface area (TPSA) is 100 Å². The Morgan fingerprint density at radius 3 is 2.30 bits per heavy atom. The van der Waals surface area contributed by atoms with E-state index in [1.807, 2.05) is 26.0 Å². The number of anilines is 1. The fourth-order valence-corrected chi connectivity index (χ4v) is 3.29. The van der Waals surface area contributed by atoms with Crippen LogP contribution in [-0.4, -0.2) is 38.5 Å². The lowest BCUT2D eigenvalue weighted by Crippen LogP contribution is -2.14. The van der Waals surface area contributed by atoms with E-state index in [1.165, 1.54) is 7.11 Å². The number of nitrogens with zero attached hydrogens (tertiary/aromatic N) is 4. The first-order valence-electron chi connectivity index (χ1n) is 10.2. The third-order valence-corrected chi connectivity index (χ3v) is 4.81. The first-order valence-corrected chi connectivity index (χ1v) is 10.2. The minimum atomic E-state index is -0.503. The number of methoxy groups -OCH3 is 1. The van der Waals surface area contributed by atoms with Gasteiger partial charge >= 0.3 is 5.97 Å². The third kappa shape index (κ3) is 5.27. The van der Waals surface area contributed by atoms with Crippen LogP contribution in [0, 0.1) is 13.8 Å². The molecule has 2 aromatic heterocycles. The summed E-state index contributed by atoms with van der Waals surface area (Å²) < 4.78 is 13.5. The molecular weight excluding hydrogens is 422 g/mol. The lowest BCUT2D eigenvalue weighted by Gasteiger charge is -2.08. The van der Waals surface area contributed by atoms with Crippen LogP contribution in [0.4, 0.5) is 5.69 Å². The molecular formula is C24H23N5O4. The number of carbonyl (C=O) groups is 2. The van der Waals surface area contributed by atoms with Crippen LogP contribution in [0.1, 0.15) is 32.1 Å². The summed E-state index contributed by atoms with van der Waals surface area (Å²) in [7, 11) is 1.31. The summed E-state index contributed by atoms with van der Waals surface area (Å²) >= 11 is 0. The molecule has 0 radical (unpaired) electrons. The van der Waals surface area contributed by atoms with Gasteiger partial charge in [0, 0.05) is 18.1 Å². The van der Waals surface area contributed by atoms with Crippen molar-refractivity contribution in [3.05, 3.63) is 89.5 Å². The van der Waals surface area contributed by atoms with E-state index in [-0.39, 0.29) is 24.0 Å². The Labute approximate surface area is 190 Å². The Bertz CT molecular complexity index is 1270. The Morgan fingerprint density at radius 1 is 0.909 bits per heavy atom. The van der Waals surface area contributed by atoms with E-state index in [9.17, 15) is 9.59 Å². The van der Waals surface area contributed by atoms with Crippen LogP contribution in [0.2, 0.25) is 0 Å². The van der Waals surface area contributed by atoms with Gasteiger partial charge in [-0.2, -0.15) is 10.2 Å². The van der Waals surface area contributed by atoms with Gasteiger partial charge in [-0.3, -0.25) is 4.79 Å². The molecule has 1 N–H and O–H groups in total. The lowest BCUT2D eigenvalue weighted by atomic mass is 10.1. The minimum absolute atomic E-state index is 0.197. The van der Waals surface area contributed by atoms with E-state index < -0.39 is 5.97 Å². The summed E-state index contributed by atoms with van der Waals surface area (Å²) in [6.07, 6.45) is 3.35. The van der Waals surface area contributed by atoms with E-state index in [2.05, 4.69) is 26.3 Å². The number of hydrogen-bond donors (Lipinski definition) is 1. The van der Waals surface area contributed by atoms with Gasteiger partial charge in [-0.15, -0.1) is 0 Å². The average molecular weight is 445 g/mol. The highest BCUT2D eigenvalue weighted by molar-refractivity contribution is 6.02. The standard InChI is InChI=1S/C24H23N5O4/c1-16-12-17(2)14-20(13-16)33-15-28-10-8-21(26-28)23(30)25-18-4-6-19(7-5-18)29-11-9-22(27-29)24(31)32-3/h4-14H,15H2,1-3H3,(H,25,30). The van der Waals surface area contributed by atoms with E-state index in [0.717, 1.165) is 22.6 Å². The first kappa shape index (κ1) is 21.8. The summed E-state index contributed by atoms with van der Waals surface area (Å²) in [4.78, 5) is 24.1. The number of carbonyl (C=O) groups excluding carboxylic acids is 2. The molecule has 9 heteroatoms. The molecule has 0 bridgehead atoms. The number of amides is 1. The molecule has 168 valence electrons. The van der Waals surface area contributed by atoms with Gasteiger partial charge in [-0.1, -0.05) is 6.07 Å². The zero-order valence-corrected chi connectivity index (χ0v) is 18.5. The molecule has 4 rings (SSSR count). The van der Waals surface area contributed by atoms with Crippen LogP contribution in [-0.2, 0) is 11.5 Å². The molecule has 1 amide bonds. The molecule has 2 heterocycles. The Balaban J connectivity index is 1.36. The molecule has 2 aromatic carbocycles. The number of aromatic nitrogens is 4. The van der Waals surface area contributed by atoms with Crippen molar-refractivity contribution in [2.45, 2.75) is 20.6 Å². The second-order valence-corrected chi connectivity index (χ2v) is 7.48. The molecule has 0 atom stereocenters. The van der Waals surface area contributed by atoms with E-state index in [1.54, 1.807) is 58.2 Å². The van der Waals surface area contributed by atoms with Crippen LogP contribution in [0.5, 0.6) is 5.75 Å². The SMILES string of the molecule is COC(=O)c1ccn(-c2ccc(NC(=O)c3ccn(COc4cc(C)cc(C)c4)n3)cc2)n1. The van der Waals surface area contributed by atoms with Gasteiger partial charge in [0.2, 0.25) is 0 Å². The molecule has 0 saturated heterocycles. The van der Waals surface area contributed by atoms with Gasteiger partial charge in [0.05, 0.1) is 12.8 Å². The summed E-state index contributed by atoms with van der Waals surface area (Å²) in [5, 5.41) is 11.3. The van der Waals surface area contributed by atoms with Crippen molar-refractivity contribution in [3.63, 3.8) is 0 Å². The molecule has 0 spiro atoms. The lowest BCUT2D eigenvalue weighted by molar-refractivity contribution is 0.0593. The highest BCUT2D eigenvalue weighted by Crippen LogP contribution is 2.17. The highest BCUT2D eigenvalue weighted by atomic mass is 16.5. The first-order chi connectivity index (χ1) is 15.9. The third-order valence-electron chi connectivity index (χ3n) is 4.81. The van der Waals surface area contributed by atoms with Crippen molar-refractivity contribution in [2.24, 2.45) is 0 Å². The van der Waals surface area contributed by atoms with Crippen LogP contribution >= 0.6 is 0 Å². The molecule has 0 aliphatic heterocycles. The Morgan fingerprint density at radius 2 is 1.61 bits per heavy atom. The van der Waals surface area contributed by atoms with Crippen molar-refractivity contribution in [2.75, 3.05) is 12.4 Å². The molecule has 0 saturated carbocycles. The van der Waals surface area contributed by atoms with Gasteiger partial charge in [0.25, 0.3) is 5.91 Å². The summed E-state index contributed by atoms with van der Waals surface area (Å²) in [5.41, 5.74) is 4.06. The zero-order chi connectivity index (χ0) is 23.4. The van der Waals surface area contributed by atoms with Crippen molar-refractivity contribution < 1.29 is 19.1 Å². The monoisotopic (exact) mass is 445 g/mol. The number of aryl methyl sites for hydroxylation is 2. The normalized spacial score (nSPS) is 10.6. The zero-order valence-electron chi connectivity index (χ0n) is 18.5. The molecule has 33 heavy (non-hydrogen) atoms. The number of hydrogen-bond acceptors (Lipinski definition) is 6. The number of nitrogens with one attached hydrogen (secondary N) is 1. The number of esters is 1. The van der Waals surface area contributed by atoms with Crippen LogP contribution in [0.3, 0.4) is 0 Å². The van der Waals surface area contributed by atoms with Crippen molar-refractivity contribution in [1.29, 1.82) is 0 Å². The summed E-state index contributed by atoms with van der Waals surface area (Å²) in [5.74, 6) is -0.0820. The smallest absolute Gasteiger partial charge is 0.358 e. The van der Waals surface area contributed by atoms with Crippen LogP contribution < -0.4 is 10.1 Å². The second-order valence-electron chi connectivity index (χ2n) is 7.48. The van der Waals surface area contributed by atoms with E-state index in [0.29, 0.717) is 5.69 Å². The largest absolute Gasteiger partial charge is 0.471 e.